The number of carbonyl (C=O) groups excluding carboxylic acids is 3. The van der Waals surface area contributed by atoms with E-state index in [1.807, 2.05) is 53.8 Å². The lowest BCUT2D eigenvalue weighted by Crippen LogP contribution is -2.56. The largest absolute Gasteiger partial charge is 0.466 e. The lowest BCUT2D eigenvalue weighted by molar-refractivity contribution is -0.140. The van der Waals surface area contributed by atoms with Gasteiger partial charge in [-0.15, -0.1) is 0 Å². The minimum atomic E-state index is -0.735. The third kappa shape index (κ3) is 7.02. The van der Waals surface area contributed by atoms with Crippen LogP contribution in [0.25, 0.3) is 10.9 Å². The minimum Gasteiger partial charge on any atom is -0.466 e. The first-order chi connectivity index (χ1) is 17.0. The first-order valence-electron chi connectivity index (χ1n) is 12.9. The van der Waals surface area contributed by atoms with Gasteiger partial charge in [0.2, 0.25) is 11.8 Å². The number of hydrogen-bond donors (Lipinski definition) is 1. The van der Waals surface area contributed by atoms with Gasteiger partial charge in [-0.25, -0.2) is 4.79 Å². The van der Waals surface area contributed by atoms with Crippen LogP contribution in [-0.2, 0) is 31.6 Å². The highest BCUT2D eigenvalue weighted by molar-refractivity contribution is 5.91. The molecule has 0 fully saturated rings. The summed E-state index contributed by atoms with van der Waals surface area (Å²) in [7, 11) is 5.07. The first kappa shape index (κ1) is 30.1. The number of nitrogens with zero attached hydrogens (tertiary/aromatic N) is 2. The van der Waals surface area contributed by atoms with E-state index < -0.39 is 22.8 Å². The molecule has 0 aliphatic heterocycles. The molecule has 2 amide bonds. The number of rotatable bonds is 9. The molecule has 0 radical (unpaired) electrons. The monoisotopic (exact) mass is 511 g/mol. The van der Waals surface area contributed by atoms with Crippen molar-refractivity contribution in [1.82, 2.24) is 14.8 Å². The summed E-state index contributed by atoms with van der Waals surface area (Å²) in [4.78, 5) is 40.8. The Kier molecular flexibility index (Phi) is 9.39. The van der Waals surface area contributed by atoms with Crippen LogP contribution >= 0.6 is 0 Å². The van der Waals surface area contributed by atoms with Crippen LogP contribution < -0.4 is 5.32 Å². The number of benzene rings is 1. The van der Waals surface area contributed by atoms with Gasteiger partial charge in [-0.1, -0.05) is 72.7 Å². The second kappa shape index (κ2) is 11.5. The third-order valence-corrected chi connectivity index (χ3v) is 7.05. The maximum atomic E-state index is 13.8. The lowest BCUT2D eigenvalue weighted by atomic mass is 9.80. The Bertz CT molecular complexity index is 1170. The molecule has 1 N–H and O–H groups in total. The zero-order valence-electron chi connectivity index (χ0n) is 24.4. The van der Waals surface area contributed by atoms with E-state index in [2.05, 4.69) is 42.1 Å². The minimum absolute atomic E-state index is 0.0511. The zero-order valence-corrected chi connectivity index (χ0v) is 24.4. The van der Waals surface area contributed by atoms with Crippen LogP contribution in [0.4, 0.5) is 0 Å². The van der Waals surface area contributed by atoms with E-state index in [-0.39, 0.29) is 30.2 Å². The topological polar surface area (TPSA) is 80.6 Å². The highest BCUT2D eigenvalue weighted by Gasteiger charge is 2.38. The molecule has 7 nitrogen and oxygen atoms in total. The Morgan fingerprint density at radius 3 is 2.24 bits per heavy atom. The number of aromatic nitrogens is 1. The number of nitrogens with one attached hydrogen (secondary N) is 1. The number of amides is 2. The highest BCUT2D eigenvalue weighted by Crippen LogP contribution is 2.34. The molecule has 1 aromatic heterocycles. The fraction of sp³-hybridized carbons (Fsp3) is 0.567. The molecule has 2 rings (SSSR count). The molecule has 0 spiro atoms. The number of aryl methyl sites for hydroxylation is 1. The van der Waals surface area contributed by atoms with Crippen molar-refractivity contribution in [1.29, 1.82) is 0 Å². The number of hydrogen-bond acceptors (Lipinski definition) is 4. The van der Waals surface area contributed by atoms with Crippen LogP contribution in [0.15, 0.2) is 42.1 Å². The van der Waals surface area contributed by atoms with E-state index >= 15 is 0 Å². The summed E-state index contributed by atoms with van der Waals surface area (Å²) in [6.45, 7) is 15.6. The molecular weight excluding hydrogens is 466 g/mol. The number of methoxy groups -OCH3 is 1. The molecule has 37 heavy (non-hydrogen) atoms. The number of likely N-dealkylation sites (N-methyl/N-ethyl adjacent to an activating group) is 1. The summed E-state index contributed by atoms with van der Waals surface area (Å²) in [5.74, 6) is -0.753. The Morgan fingerprint density at radius 1 is 1.11 bits per heavy atom. The van der Waals surface area contributed by atoms with Gasteiger partial charge in [-0.2, -0.15) is 0 Å². The molecule has 1 aromatic carbocycles. The number of fused-ring (bicyclic) bond motifs is 1. The highest BCUT2D eigenvalue weighted by atomic mass is 16.5. The standard InChI is InChI=1S/C30H45N3O4/c1-19(2)24(16-20(3)28(36)37-11)33(10)27(35)26(29(4,5)6)31-25(34)17-30(7,8)22-18-32(9)23-15-13-12-14-21(22)23/h12-16,18-19,24,26H,17H2,1-11H3,(H,31,34)/b20-16+/t24-,26?/m1/s1. The summed E-state index contributed by atoms with van der Waals surface area (Å²) in [6, 6.07) is 7.10. The van der Waals surface area contributed by atoms with E-state index in [1.165, 1.54) is 7.11 Å². The molecule has 2 aromatic rings. The molecule has 2 atom stereocenters. The number of carbonyl (C=O) groups is 3. The Labute approximate surface area is 222 Å². The van der Waals surface area contributed by atoms with Crippen molar-refractivity contribution in [3.05, 3.63) is 47.7 Å². The van der Waals surface area contributed by atoms with Gasteiger partial charge in [0, 0.05) is 48.6 Å². The van der Waals surface area contributed by atoms with Crippen molar-refractivity contribution in [2.75, 3.05) is 14.2 Å². The van der Waals surface area contributed by atoms with E-state index in [4.69, 9.17) is 4.74 Å². The van der Waals surface area contributed by atoms with Crippen molar-refractivity contribution in [3.8, 4) is 0 Å². The number of para-hydroxylation sites is 1. The predicted molar refractivity (Wildman–Crippen MR) is 149 cm³/mol. The molecule has 204 valence electrons. The van der Waals surface area contributed by atoms with E-state index in [9.17, 15) is 14.4 Å². The van der Waals surface area contributed by atoms with Crippen LogP contribution in [0.5, 0.6) is 0 Å². The van der Waals surface area contributed by atoms with Crippen molar-refractivity contribution in [3.63, 3.8) is 0 Å². The lowest BCUT2D eigenvalue weighted by Gasteiger charge is -2.38. The quantitative estimate of drug-likeness (QED) is 0.380. The number of esters is 1. The molecule has 7 heteroatoms. The van der Waals surface area contributed by atoms with Crippen molar-refractivity contribution < 1.29 is 19.1 Å². The van der Waals surface area contributed by atoms with Crippen LogP contribution in [0.2, 0.25) is 0 Å². The fourth-order valence-corrected chi connectivity index (χ4v) is 4.83. The summed E-state index contributed by atoms with van der Waals surface area (Å²) >= 11 is 0. The predicted octanol–water partition coefficient (Wildman–Crippen LogP) is 4.98. The second-order valence-corrected chi connectivity index (χ2v) is 12.1. The first-order valence-corrected chi connectivity index (χ1v) is 12.9. The van der Waals surface area contributed by atoms with E-state index in [0.717, 1.165) is 16.5 Å². The number of ether oxygens (including phenoxy) is 1. The van der Waals surface area contributed by atoms with Crippen LogP contribution in [0.3, 0.4) is 0 Å². The van der Waals surface area contributed by atoms with Gasteiger partial charge in [0.1, 0.15) is 6.04 Å². The van der Waals surface area contributed by atoms with Gasteiger partial charge in [0.05, 0.1) is 13.2 Å². The summed E-state index contributed by atoms with van der Waals surface area (Å²) < 4.78 is 6.91. The Hall–Kier alpha value is -3.09. The molecule has 0 bridgehead atoms. The van der Waals surface area contributed by atoms with E-state index in [0.29, 0.717) is 5.57 Å². The van der Waals surface area contributed by atoms with Gasteiger partial charge >= 0.3 is 5.97 Å². The van der Waals surface area contributed by atoms with Crippen LogP contribution in [0, 0.1) is 11.3 Å². The molecular formula is C30H45N3O4. The van der Waals surface area contributed by atoms with Gasteiger partial charge < -0.3 is 19.5 Å². The van der Waals surface area contributed by atoms with Crippen molar-refractivity contribution >= 4 is 28.7 Å². The van der Waals surface area contributed by atoms with Crippen LogP contribution in [0.1, 0.15) is 67.4 Å². The Balaban J connectivity index is 2.30. The maximum Gasteiger partial charge on any atom is 0.333 e. The van der Waals surface area contributed by atoms with E-state index in [1.54, 1.807) is 24.9 Å². The summed E-state index contributed by atoms with van der Waals surface area (Å²) in [6.07, 6.45) is 4.08. The third-order valence-electron chi connectivity index (χ3n) is 7.05. The SMILES string of the molecule is COC(=O)/C(C)=C/[C@H](C(C)C)N(C)C(=O)C(NC(=O)CC(C)(C)c1cn(C)c2ccccc12)C(C)(C)C. The smallest absolute Gasteiger partial charge is 0.333 e. The van der Waals surface area contributed by atoms with Crippen LogP contribution in [-0.4, -0.2) is 53.5 Å². The zero-order chi connectivity index (χ0) is 28.3. The molecule has 0 saturated heterocycles. The van der Waals surface area contributed by atoms with Gasteiger partial charge in [0.25, 0.3) is 0 Å². The maximum absolute atomic E-state index is 13.8. The normalized spacial score (nSPS) is 14.4. The molecule has 0 saturated carbocycles. The van der Waals surface area contributed by atoms with Gasteiger partial charge in [0.15, 0.2) is 0 Å². The average molecular weight is 512 g/mol. The Morgan fingerprint density at radius 2 is 1.70 bits per heavy atom. The molecule has 1 heterocycles. The van der Waals surface area contributed by atoms with Gasteiger partial charge in [-0.3, -0.25) is 9.59 Å². The van der Waals surface area contributed by atoms with Gasteiger partial charge in [-0.05, 0) is 29.9 Å². The van der Waals surface area contributed by atoms with Crippen molar-refractivity contribution in [2.24, 2.45) is 18.4 Å². The molecule has 0 aliphatic rings. The summed E-state index contributed by atoms with van der Waals surface area (Å²) in [5, 5.41) is 4.17. The average Bonchev–Trinajstić information content (AvgIpc) is 3.15. The summed E-state index contributed by atoms with van der Waals surface area (Å²) in [5.41, 5.74) is 1.69. The van der Waals surface area contributed by atoms with Crippen molar-refractivity contribution in [2.45, 2.75) is 79.3 Å². The molecule has 0 aliphatic carbocycles. The fourth-order valence-electron chi connectivity index (χ4n) is 4.83. The molecule has 1 unspecified atom stereocenters. The second-order valence-electron chi connectivity index (χ2n) is 12.1.